The van der Waals surface area contributed by atoms with Crippen LogP contribution in [-0.4, -0.2) is 55.6 Å². The highest BCUT2D eigenvalue weighted by molar-refractivity contribution is 5.86. The van der Waals surface area contributed by atoms with Gasteiger partial charge in [-0.25, -0.2) is 0 Å². The van der Waals surface area contributed by atoms with E-state index in [1.54, 1.807) is 0 Å². The summed E-state index contributed by atoms with van der Waals surface area (Å²) in [5.74, 6) is 1.84. The van der Waals surface area contributed by atoms with Crippen molar-refractivity contribution in [3.8, 4) is 0 Å². The molecule has 78 valence electrons. The number of likely N-dealkylation sites (N-methyl/N-ethyl adjacent to an activating group) is 1. The summed E-state index contributed by atoms with van der Waals surface area (Å²) in [6.45, 7) is 7.87. The monoisotopic (exact) mass is 194 g/mol. The molecule has 0 aromatic heterocycles. The highest BCUT2D eigenvalue weighted by Gasteiger charge is 2.32. The summed E-state index contributed by atoms with van der Waals surface area (Å²) in [6, 6.07) is 0. The predicted molar refractivity (Wildman–Crippen MR) is 58.8 cm³/mol. The molecule has 1 heterocycles. The molecule has 0 amide bonds. The van der Waals surface area contributed by atoms with E-state index in [0.717, 1.165) is 26.2 Å². The van der Waals surface area contributed by atoms with Gasteiger partial charge in [-0.1, -0.05) is 0 Å². The first-order valence-electron chi connectivity index (χ1n) is 5.28. The van der Waals surface area contributed by atoms with Crippen LogP contribution in [0.25, 0.3) is 0 Å². The highest BCUT2D eigenvalue weighted by Crippen LogP contribution is 2.32. The van der Waals surface area contributed by atoms with Gasteiger partial charge in [0, 0.05) is 38.8 Å². The molecule has 0 radical (unpaired) electrons. The number of amidine groups is 1. The van der Waals surface area contributed by atoms with Crippen LogP contribution in [0, 0.1) is 5.92 Å². The van der Waals surface area contributed by atoms with Crippen LogP contribution in [0.5, 0.6) is 0 Å². The van der Waals surface area contributed by atoms with E-state index in [1.165, 1.54) is 18.7 Å². The molecule has 1 aliphatic carbocycles. The second kappa shape index (κ2) is 4.09. The zero-order chi connectivity index (χ0) is 9.97. The van der Waals surface area contributed by atoms with Crippen molar-refractivity contribution in [3.63, 3.8) is 0 Å². The summed E-state index contributed by atoms with van der Waals surface area (Å²) in [5.41, 5.74) is 0. The van der Waals surface area contributed by atoms with Crippen LogP contribution in [0.3, 0.4) is 0 Å². The van der Waals surface area contributed by atoms with Gasteiger partial charge in [0.15, 0.2) is 0 Å². The largest absolute Gasteiger partial charge is 0.356 e. The van der Waals surface area contributed by atoms with E-state index in [1.807, 2.05) is 0 Å². The van der Waals surface area contributed by atoms with Crippen LogP contribution in [-0.2, 0) is 0 Å². The van der Waals surface area contributed by atoms with E-state index in [-0.39, 0.29) is 0 Å². The molecule has 1 saturated carbocycles. The molecular weight excluding hydrogens is 176 g/mol. The Morgan fingerprint density at radius 3 is 2.36 bits per heavy atom. The molecule has 4 nitrogen and oxygen atoms in total. The number of rotatable bonds is 2. The highest BCUT2D eigenvalue weighted by atomic mass is 15.3. The average molecular weight is 194 g/mol. The van der Waals surface area contributed by atoms with Crippen molar-refractivity contribution in [3.05, 3.63) is 0 Å². The Hall–Kier alpha value is -0.900. The molecule has 0 unspecified atom stereocenters. The summed E-state index contributed by atoms with van der Waals surface area (Å²) in [4.78, 5) is 4.72. The van der Waals surface area contributed by atoms with Gasteiger partial charge in [0.2, 0.25) is 0 Å². The van der Waals surface area contributed by atoms with Crippen molar-refractivity contribution in [1.82, 2.24) is 9.80 Å². The van der Waals surface area contributed by atoms with Crippen molar-refractivity contribution in [1.29, 1.82) is 0 Å². The standard InChI is InChI=1S/C10H18N4/c1-11-12-10(9-3-4-9)14-7-5-13(2)6-8-14/h9H,1,3-8H2,2H3/b12-10-. The van der Waals surface area contributed by atoms with E-state index < -0.39 is 0 Å². The second-order valence-electron chi connectivity index (χ2n) is 4.16. The Balaban J connectivity index is 1.97. The maximum atomic E-state index is 4.17. The molecule has 2 aliphatic rings. The third-order valence-corrected chi connectivity index (χ3v) is 2.94. The van der Waals surface area contributed by atoms with Crippen molar-refractivity contribution >= 4 is 12.6 Å². The van der Waals surface area contributed by atoms with E-state index in [9.17, 15) is 0 Å². The van der Waals surface area contributed by atoms with Gasteiger partial charge < -0.3 is 9.80 Å². The van der Waals surface area contributed by atoms with Gasteiger partial charge in [-0.3, -0.25) is 0 Å². The van der Waals surface area contributed by atoms with E-state index >= 15 is 0 Å². The maximum absolute atomic E-state index is 4.17. The van der Waals surface area contributed by atoms with Crippen molar-refractivity contribution in [2.75, 3.05) is 33.2 Å². The topological polar surface area (TPSA) is 31.2 Å². The average Bonchev–Trinajstić information content (AvgIpc) is 2.99. The number of piperazine rings is 1. The molecule has 0 aromatic rings. The third kappa shape index (κ3) is 2.12. The minimum atomic E-state index is 0.670. The molecule has 2 rings (SSSR count). The van der Waals surface area contributed by atoms with Gasteiger partial charge in [0.25, 0.3) is 0 Å². The zero-order valence-corrected chi connectivity index (χ0v) is 8.82. The number of hydrogen-bond donors (Lipinski definition) is 0. The summed E-state index contributed by atoms with van der Waals surface area (Å²) in [5, 5.41) is 7.85. The molecule has 1 saturated heterocycles. The normalized spacial score (nSPS) is 25.2. The van der Waals surface area contributed by atoms with Crippen molar-refractivity contribution in [2.24, 2.45) is 16.1 Å². The van der Waals surface area contributed by atoms with Gasteiger partial charge in [0.1, 0.15) is 5.84 Å². The summed E-state index contributed by atoms with van der Waals surface area (Å²) in [6.07, 6.45) is 2.56. The lowest BCUT2D eigenvalue weighted by atomic mass is 10.2. The smallest absolute Gasteiger partial charge is 0.130 e. The van der Waals surface area contributed by atoms with E-state index in [4.69, 9.17) is 0 Å². The first-order chi connectivity index (χ1) is 6.81. The lowest BCUT2D eigenvalue weighted by Gasteiger charge is -2.34. The summed E-state index contributed by atoms with van der Waals surface area (Å²) < 4.78 is 0. The number of nitrogens with zero attached hydrogens (tertiary/aromatic N) is 4. The quantitative estimate of drug-likeness (QED) is 0.367. The van der Waals surface area contributed by atoms with Gasteiger partial charge in [-0.2, -0.15) is 5.10 Å². The SMILES string of the molecule is C=N/N=C(/C1CC1)N1CCN(C)CC1. The van der Waals surface area contributed by atoms with Crippen LogP contribution in [0.2, 0.25) is 0 Å². The first kappa shape index (κ1) is 9.65. The van der Waals surface area contributed by atoms with Crippen LogP contribution in [0.15, 0.2) is 10.2 Å². The minimum Gasteiger partial charge on any atom is -0.356 e. The van der Waals surface area contributed by atoms with Gasteiger partial charge >= 0.3 is 0 Å². The lowest BCUT2D eigenvalue weighted by Crippen LogP contribution is -2.47. The fraction of sp³-hybridized carbons (Fsp3) is 0.800. The van der Waals surface area contributed by atoms with Crippen LogP contribution in [0.1, 0.15) is 12.8 Å². The summed E-state index contributed by atoms with van der Waals surface area (Å²) >= 11 is 0. The van der Waals surface area contributed by atoms with Gasteiger partial charge in [-0.15, -0.1) is 5.10 Å². The molecule has 0 N–H and O–H groups in total. The fourth-order valence-corrected chi connectivity index (χ4v) is 1.85. The molecule has 0 aromatic carbocycles. The van der Waals surface area contributed by atoms with Crippen LogP contribution in [0.4, 0.5) is 0 Å². The fourth-order valence-electron chi connectivity index (χ4n) is 1.85. The predicted octanol–water partition coefficient (Wildman–Crippen LogP) is 0.658. The zero-order valence-electron chi connectivity index (χ0n) is 8.82. The maximum Gasteiger partial charge on any atom is 0.130 e. The molecule has 1 aliphatic heterocycles. The Labute approximate surface area is 85.3 Å². The minimum absolute atomic E-state index is 0.670. The van der Waals surface area contributed by atoms with Crippen molar-refractivity contribution < 1.29 is 0 Å². The van der Waals surface area contributed by atoms with Gasteiger partial charge in [-0.05, 0) is 19.9 Å². The van der Waals surface area contributed by atoms with Crippen LogP contribution < -0.4 is 0 Å². The molecule has 0 bridgehead atoms. The molecule has 4 heteroatoms. The Morgan fingerprint density at radius 1 is 1.21 bits per heavy atom. The molecular formula is C10H18N4. The van der Waals surface area contributed by atoms with Gasteiger partial charge in [0.05, 0.1) is 0 Å². The Morgan fingerprint density at radius 2 is 1.86 bits per heavy atom. The molecule has 14 heavy (non-hydrogen) atoms. The van der Waals surface area contributed by atoms with Crippen LogP contribution >= 0.6 is 0 Å². The Kier molecular flexibility index (Phi) is 2.82. The Bertz CT molecular complexity index is 237. The summed E-state index contributed by atoms with van der Waals surface area (Å²) in [7, 11) is 2.16. The number of hydrogen-bond acceptors (Lipinski definition) is 3. The molecule has 0 spiro atoms. The first-order valence-corrected chi connectivity index (χ1v) is 5.28. The van der Waals surface area contributed by atoms with E-state index in [2.05, 4.69) is 33.8 Å². The lowest BCUT2D eigenvalue weighted by molar-refractivity contribution is 0.212. The second-order valence-corrected chi connectivity index (χ2v) is 4.16. The third-order valence-electron chi connectivity index (χ3n) is 2.94. The molecule has 2 fully saturated rings. The van der Waals surface area contributed by atoms with E-state index in [0.29, 0.717) is 5.92 Å². The molecule has 0 atom stereocenters. The van der Waals surface area contributed by atoms with Crippen molar-refractivity contribution in [2.45, 2.75) is 12.8 Å².